The van der Waals surface area contributed by atoms with Crippen LogP contribution in [0.5, 0.6) is 5.75 Å². The molecule has 3 aromatic rings. The molecule has 0 aromatic carbocycles. The lowest BCUT2D eigenvalue weighted by atomic mass is 10.1. The van der Waals surface area contributed by atoms with E-state index in [9.17, 15) is 4.79 Å². The van der Waals surface area contributed by atoms with Crippen molar-refractivity contribution in [2.75, 3.05) is 23.8 Å². The Morgan fingerprint density at radius 2 is 1.86 bits per heavy atom. The van der Waals surface area contributed by atoms with E-state index < -0.39 is 0 Å². The van der Waals surface area contributed by atoms with Crippen molar-refractivity contribution >= 4 is 29.2 Å². The largest absolute Gasteiger partial charge is 0.488 e. The van der Waals surface area contributed by atoms with Crippen molar-refractivity contribution in [3.63, 3.8) is 0 Å². The van der Waals surface area contributed by atoms with Gasteiger partial charge < -0.3 is 15.0 Å². The number of nitrogens with one attached hydrogen (secondary N) is 1. The molecule has 1 N–H and O–H groups in total. The van der Waals surface area contributed by atoms with Crippen LogP contribution in [0.15, 0.2) is 47.6 Å². The molecular formula is C27H29N5O2S. The average Bonchev–Trinajstić information content (AvgIpc) is 3.80. The smallest absolute Gasteiger partial charge is 0.253 e. The fourth-order valence-electron chi connectivity index (χ4n) is 4.41. The number of carbonyl (C=O) groups is 1. The van der Waals surface area contributed by atoms with E-state index in [1.165, 1.54) is 37.1 Å². The van der Waals surface area contributed by atoms with E-state index in [0.29, 0.717) is 36.3 Å². The molecule has 2 fully saturated rings. The number of nitrogens with zero attached hydrogens (tertiary/aromatic N) is 4. The van der Waals surface area contributed by atoms with Gasteiger partial charge >= 0.3 is 0 Å². The Labute approximate surface area is 209 Å². The molecule has 8 heteroatoms. The summed E-state index contributed by atoms with van der Waals surface area (Å²) >= 11 is 1.75. The van der Waals surface area contributed by atoms with E-state index in [4.69, 9.17) is 9.72 Å². The Kier molecular flexibility index (Phi) is 6.06. The second-order valence-corrected chi connectivity index (χ2v) is 10.7. The number of ether oxygens (including phenoxy) is 1. The Morgan fingerprint density at radius 3 is 2.51 bits per heavy atom. The van der Waals surface area contributed by atoms with E-state index in [2.05, 4.69) is 39.2 Å². The summed E-state index contributed by atoms with van der Waals surface area (Å²) in [6.45, 7) is 3.75. The van der Waals surface area contributed by atoms with Crippen LogP contribution in [-0.2, 0) is 6.54 Å². The van der Waals surface area contributed by atoms with Crippen LogP contribution in [0.1, 0.15) is 71.9 Å². The molecule has 2 aliphatic carbocycles. The first-order chi connectivity index (χ1) is 17.2. The zero-order valence-corrected chi connectivity index (χ0v) is 20.7. The molecule has 1 aliphatic heterocycles. The van der Waals surface area contributed by atoms with Gasteiger partial charge in [0, 0.05) is 46.2 Å². The van der Waals surface area contributed by atoms with Gasteiger partial charge in [-0.25, -0.2) is 4.98 Å². The summed E-state index contributed by atoms with van der Waals surface area (Å²) in [7, 11) is 0. The van der Waals surface area contributed by atoms with Gasteiger partial charge in [0.2, 0.25) is 0 Å². The van der Waals surface area contributed by atoms with Crippen LogP contribution < -0.4 is 15.0 Å². The van der Waals surface area contributed by atoms with Gasteiger partial charge in [-0.15, -0.1) is 11.8 Å². The number of hydrogen-bond donors (Lipinski definition) is 1. The van der Waals surface area contributed by atoms with Crippen LogP contribution in [-0.4, -0.2) is 39.8 Å². The number of anilines is 2. The molecule has 0 saturated heterocycles. The van der Waals surface area contributed by atoms with Crippen LogP contribution in [0.2, 0.25) is 0 Å². The normalized spacial score (nSPS) is 17.0. The van der Waals surface area contributed by atoms with Gasteiger partial charge in [0.15, 0.2) is 11.6 Å². The van der Waals surface area contributed by atoms with Gasteiger partial charge in [-0.2, -0.15) is 0 Å². The summed E-state index contributed by atoms with van der Waals surface area (Å²) in [4.78, 5) is 30.2. The Bertz CT molecular complexity index is 1210. The van der Waals surface area contributed by atoms with Gasteiger partial charge in [-0.1, -0.05) is 6.92 Å². The third-order valence-electron chi connectivity index (χ3n) is 6.61. The summed E-state index contributed by atoms with van der Waals surface area (Å²) < 4.78 is 5.93. The lowest BCUT2D eigenvalue weighted by Crippen LogP contribution is -2.30. The van der Waals surface area contributed by atoms with Gasteiger partial charge in [-0.05, 0) is 61.8 Å². The van der Waals surface area contributed by atoms with E-state index >= 15 is 0 Å². The minimum Gasteiger partial charge on any atom is -0.488 e. The standard InChI is InChI=1S/C27H29N5O2S/c1-2-35-22-8-7-20(28-16-22)15-30-27(33)19-11-25-26(29-14-19)32(9-10-34-25)21-12-23(17-3-4-17)31-24(13-21)18-5-6-18/h7-8,11-14,16-18H,2-6,9-10,15H2,1H3,(H,30,33). The molecule has 6 rings (SSSR count). The van der Waals surface area contributed by atoms with Crippen molar-refractivity contribution in [1.29, 1.82) is 0 Å². The number of thioether (sulfide) groups is 1. The molecule has 3 aromatic heterocycles. The molecule has 7 nitrogen and oxygen atoms in total. The van der Waals surface area contributed by atoms with Crippen molar-refractivity contribution in [3.05, 3.63) is 65.4 Å². The fraction of sp³-hybridized carbons (Fsp3) is 0.407. The van der Waals surface area contributed by atoms with Crippen LogP contribution in [0, 0.1) is 0 Å². The first kappa shape index (κ1) is 22.3. The first-order valence-electron chi connectivity index (χ1n) is 12.5. The minimum absolute atomic E-state index is 0.189. The van der Waals surface area contributed by atoms with Gasteiger partial charge in [0.25, 0.3) is 5.91 Å². The van der Waals surface area contributed by atoms with Crippen molar-refractivity contribution < 1.29 is 9.53 Å². The van der Waals surface area contributed by atoms with Gasteiger partial charge in [-0.3, -0.25) is 14.8 Å². The Balaban J connectivity index is 1.19. The van der Waals surface area contributed by atoms with Crippen molar-refractivity contribution in [3.8, 4) is 5.75 Å². The van der Waals surface area contributed by atoms with Gasteiger partial charge in [0.1, 0.15) is 6.61 Å². The van der Waals surface area contributed by atoms with E-state index in [1.807, 2.05) is 18.3 Å². The summed E-state index contributed by atoms with van der Waals surface area (Å²) in [5.74, 6) is 3.42. The summed E-state index contributed by atoms with van der Waals surface area (Å²) in [6, 6.07) is 10.2. The molecule has 0 radical (unpaired) electrons. The second-order valence-electron chi connectivity index (χ2n) is 9.37. The topological polar surface area (TPSA) is 80.2 Å². The van der Waals surface area contributed by atoms with E-state index in [1.54, 1.807) is 24.0 Å². The number of amides is 1. The predicted molar refractivity (Wildman–Crippen MR) is 137 cm³/mol. The molecule has 35 heavy (non-hydrogen) atoms. The molecule has 180 valence electrons. The molecule has 1 amide bonds. The fourth-order valence-corrected chi connectivity index (χ4v) is 5.03. The number of pyridine rings is 3. The molecule has 0 atom stereocenters. The highest BCUT2D eigenvalue weighted by molar-refractivity contribution is 7.99. The third-order valence-corrected chi connectivity index (χ3v) is 7.48. The predicted octanol–water partition coefficient (Wildman–Crippen LogP) is 5.20. The zero-order chi connectivity index (χ0) is 23.8. The zero-order valence-electron chi connectivity index (χ0n) is 19.9. The quantitative estimate of drug-likeness (QED) is 0.438. The molecule has 0 spiro atoms. The van der Waals surface area contributed by atoms with Crippen LogP contribution in [0.4, 0.5) is 11.5 Å². The van der Waals surface area contributed by atoms with E-state index in [-0.39, 0.29) is 5.91 Å². The van der Waals surface area contributed by atoms with Crippen molar-refractivity contribution in [2.24, 2.45) is 0 Å². The van der Waals surface area contributed by atoms with Crippen molar-refractivity contribution in [2.45, 2.75) is 55.9 Å². The maximum atomic E-state index is 12.8. The third kappa shape index (κ3) is 4.98. The van der Waals surface area contributed by atoms with E-state index in [0.717, 1.165) is 34.4 Å². The lowest BCUT2D eigenvalue weighted by Gasteiger charge is -2.30. The highest BCUT2D eigenvalue weighted by atomic mass is 32.2. The Morgan fingerprint density at radius 1 is 1.09 bits per heavy atom. The highest BCUT2D eigenvalue weighted by Crippen LogP contribution is 2.46. The molecule has 2 saturated carbocycles. The molecule has 3 aliphatic rings. The number of aromatic nitrogens is 3. The molecule has 0 unspecified atom stereocenters. The summed E-state index contributed by atoms with van der Waals surface area (Å²) in [6.07, 6.45) is 8.40. The molecular weight excluding hydrogens is 458 g/mol. The van der Waals surface area contributed by atoms with Crippen LogP contribution >= 0.6 is 11.8 Å². The summed E-state index contributed by atoms with van der Waals surface area (Å²) in [5.41, 5.74) is 4.86. The number of rotatable bonds is 8. The monoisotopic (exact) mass is 487 g/mol. The number of carbonyl (C=O) groups excluding carboxylic acids is 1. The maximum absolute atomic E-state index is 12.8. The maximum Gasteiger partial charge on any atom is 0.253 e. The number of fused-ring (bicyclic) bond motifs is 1. The molecule has 0 bridgehead atoms. The average molecular weight is 488 g/mol. The lowest BCUT2D eigenvalue weighted by molar-refractivity contribution is 0.0949. The Hall–Kier alpha value is -3.13. The SMILES string of the molecule is CCSc1ccc(CNC(=O)c2cnc3c(c2)OCCN3c2cc(C3CC3)nc(C3CC3)c2)nc1. The summed E-state index contributed by atoms with van der Waals surface area (Å²) in [5, 5.41) is 2.94. The molecule has 4 heterocycles. The highest BCUT2D eigenvalue weighted by Gasteiger charge is 2.32. The minimum atomic E-state index is -0.189. The van der Waals surface area contributed by atoms with Crippen molar-refractivity contribution in [1.82, 2.24) is 20.3 Å². The van der Waals surface area contributed by atoms with Crippen LogP contribution in [0.25, 0.3) is 0 Å². The van der Waals surface area contributed by atoms with Crippen LogP contribution in [0.3, 0.4) is 0 Å². The first-order valence-corrected chi connectivity index (χ1v) is 13.4. The second kappa shape index (κ2) is 9.49. The number of hydrogen-bond acceptors (Lipinski definition) is 7. The van der Waals surface area contributed by atoms with Gasteiger partial charge in [0.05, 0.1) is 24.3 Å².